The summed E-state index contributed by atoms with van der Waals surface area (Å²) in [6.07, 6.45) is 0.829. The fourth-order valence-corrected chi connectivity index (χ4v) is 4.95. The fraction of sp³-hybridized carbons (Fsp3) is 0.269. The smallest absolute Gasteiger partial charge is 0.265 e. The summed E-state index contributed by atoms with van der Waals surface area (Å²) in [5.41, 5.74) is 3.09. The number of ether oxygens (including phenoxy) is 1. The number of halogens is 2. The molecule has 0 bridgehead atoms. The van der Waals surface area contributed by atoms with E-state index in [4.69, 9.17) is 27.9 Å². The summed E-state index contributed by atoms with van der Waals surface area (Å²) in [6, 6.07) is 23.4. The van der Waals surface area contributed by atoms with E-state index < -0.39 is 0 Å². The van der Waals surface area contributed by atoms with Crippen LogP contribution < -0.4 is 15.0 Å². The van der Waals surface area contributed by atoms with E-state index in [2.05, 4.69) is 37.4 Å². The number of benzene rings is 3. The summed E-state index contributed by atoms with van der Waals surface area (Å²) in [6.45, 7) is 4.21. The molecule has 3 aromatic rings. The van der Waals surface area contributed by atoms with Crippen LogP contribution in [0.1, 0.15) is 31.9 Å². The number of amides is 1. The molecular formula is C26H26Cl2N2O2. The molecule has 1 aliphatic rings. The Labute approximate surface area is 199 Å². The van der Waals surface area contributed by atoms with Crippen LogP contribution in [0.25, 0.3) is 0 Å². The molecule has 0 radical (unpaired) electrons. The van der Waals surface area contributed by atoms with Crippen molar-refractivity contribution < 1.29 is 9.53 Å². The first kappa shape index (κ1) is 22.5. The van der Waals surface area contributed by atoms with Gasteiger partial charge in [-0.3, -0.25) is 4.79 Å². The summed E-state index contributed by atoms with van der Waals surface area (Å²) in [5.74, 6) is 0.540. The predicted octanol–water partition coefficient (Wildman–Crippen LogP) is 6.99. The maximum Gasteiger partial charge on any atom is 0.265 e. The van der Waals surface area contributed by atoms with Crippen LogP contribution in [0.2, 0.25) is 10.0 Å². The van der Waals surface area contributed by atoms with Crippen molar-refractivity contribution in [2.24, 2.45) is 5.92 Å². The molecule has 4 nitrogen and oxygen atoms in total. The van der Waals surface area contributed by atoms with Crippen molar-refractivity contribution in [1.29, 1.82) is 0 Å². The molecule has 0 aliphatic carbocycles. The number of rotatable bonds is 6. The van der Waals surface area contributed by atoms with Crippen molar-refractivity contribution in [2.75, 3.05) is 16.8 Å². The number of anilines is 2. The molecule has 4 rings (SSSR count). The summed E-state index contributed by atoms with van der Waals surface area (Å²) < 4.78 is 5.77. The van der Waals surface area contributed by atoms with Gasteiger partial charge in [0, 0.05) is 28.4 Å². The summed E-state index contributed by atoms with van der Waals surface area (Å²) in [7, 11) is 0. The van der Waals surface area contributed by atoms with Gasteiger partial charge in [0.05, 0.1) is 11.1 Å². The van der Waals surface area contributed by atoms with Gasteiger partial charge >= 0.3 is 0 Å². The third kappa shape index (κ3) is 4.57. The van der Waals surface area contributed by atoms with Gasteiger partial charge in [0.2, 0.25) is 0 Å². The Morgan fingerprint density at radius 1 is 1.03 bits per heavy atom. The third-order valence-corrected chi connectivity index (χ3v) is 6.55. The molecule has 0 aromatic heterocycles. The standard InChI is InChI=1S/C26H26Cl2N2O2/c1-3-22-17(2)26(29-19-9-5-4-6-10-19)20-11-7-8-12-23(20)30(22)25(31)16-32-24-14-13-18(27)15-21(24)28/h4-15,17,22,26,29H,3,16H2,1-2H3. The van der Waals surface area contributed by atoms with Gasteiger partial charge in [0.15, 0.2) is 6.61 Å². The van der Waals surface area contributed by atoms with Crippen molar-refractivity contribution in [3.63, 3.8) is 0 Å². The number of carbonyl (C=O) groups excluding carboxylic acids is 1. The minimum absolute atomic E-state index is 0.0305. The highest BCUT2D eigenvalue weighted by molar-refractivity contribution is 6.35. The Bertz CT molecular complexity index is 1090. The van der Waals surface area contributed by atoms with Gasteiger partial charge in [-0.05, 0) is 48.4 Å². The Balaban J connectivity index is 1.62. The minimum atomic E-state index is -0.102. The number of nitrogens with one attached hydrogen (secondary N) is 1. The number of para-hydroxylation sites is 2. The molecule has 32 heavy (non-hydrogen) atoms. The highest BCUT2D eigenvalue weighted by Crippen LogP contribution is 2.43. The molecule has 0 fully saturated rings. The normalized spacial score (nSPS) is 19.9. The molecule has 1 aliphatic heterocycles. The zero-order valence-corrected chi connectivity index (χ0v) is 19.6. The minimum Gasteiger partial charge on any atom is -0.482 e. The maximum atomic E-state index is 13.4. The molecule has 1 amide bonds. The van der Waals surface area contributed by atoms with Gasteiger partial charge < -0.3 is 15.0 Å². The molecule has 1 N–H and O–H groups in total. The molecule has 6 heteroatoms. The Hall–Kier alpha value is -2.69. The topological polar surface area (TPSA) is 41.6 Å². The summed E-state index contributed by atoms with van der Waals surface area (Å²) in [5, 5.41) is 4.59. The highest BCUT2D eigenvalue weighted by Gasteiger charge is 2.40. The van der Waals surface area contributed by atoms with Crippen molar-refractivity contribution >= 4 is 40.5 Å². The lowest BCUT2D eigenvalue weighted by atomic mass is 9.81. The zero-order chi connectivity index (χ0) is 22.7. The first-order valence-corrected chi connectivity index (χ1v) is 11.6. The van der Waals surface area contributed by atoms with E-state index in [0.717, 1.165) is 23.4 Å². The van der Waals surface area contributed by atoms with Crippen molar-refractivity contribution in [3.8, 4) is 5.75 Å². The van der Waals surface area contributed by atoms with Gasteiger partial charge in [-0.25, -0.2) is 0 Å². The van der Waals surface area contributed by atoms with Crippen LogP contribution in [0.3, 0.4) is 0 Å². The van der Waals surface area contributed by atoms with Gasteiger partial charge in [0.25, 0.3) is 5.91 Å². The lowest BCUT2D eigenvalue weighted by Crippen LogP contribution is -2.51. The van der Waals surface area contributed by atoms with Crippen molar-refractivity contribution in [1.82, 2.24) is 0 Å². The molecule has 3 aromatic carbocycles. The quantitative estimate of drug-likeness (QED) is 0.423. The van der Waals surface area contributed by atoms with Crippen molar-refractivity contribution in [2.45, 2.75) is 32.4 Å². The largest absolute Gasteiger partial charge is 0.482 e. The molecular weight excluding hydrogens is 443 g/mol. The van der Waals surface area contributed by atoms with Gasteiger partial charge in [-0.2, -0.15) is 0 Å². The van der Waals surface area contributed by atoms with E-state index in [1.165, 1.54) is 0 Å². The second-order valence-corrected chi connectivity index (χ2v) is 8.85. The number of fused-ring (bicyclic) bond motifs is 1. The average molecular weight is 469 g/mol. The Morgan fingerprint density at radius 2 is 1.75 bits per heavy atom. The van der Waals surface area contributed by atoms with Crippen LogP contribution in [0.4, 0.5) is 11.4 Å². The molecule has 0 saturated heterocycles. The fourth-order valence-electron chi connectivity index (χ4n) is 4.49. The average Bonchev–Trinajstić information content (AvgIpc) is 2.80. The van der Waals surface area contributed by atoms with E-state index in [1.807, 2.05) is 41.3 Å². The van der Waals surface area contributed by atoms with Crippen LogP contribution in [0.5, 0.6) is 5.75 Å². The summed E-state index contributed by atoms with van der Waals surface area (Å²) in [4.78, 5) is 15.3. The van der Waals surface area contributed by atoms with Crippen LogP contribution in [-0.4, -0.2) is 18.6 Å². The molecule has 0 spiro atoms. The molecule has 1 heterocycles. The van der Waals surface area contributed by atoms with Crippen molar-refractivity contribution in [3.05, 3.63) is 88.4 Å². The number of hydrogen-bond donors (Lipinski definition) is 1. The van der Waals surface area contributed by atoms with Gasteiger partial charge in [-0.1, -0.05) is 73.4 Å². The summed E-state index contributed by atoms with van der Waals surface area (Å²) >= 11 is 12.2. The van der Waals surface area contributed by atoms with E-state index in [0.29, 0.717) is 15.8 Å². The van der Waals surface area contributed by atoms with E-state index >= 15 is 0 Å². The van der Waals surface area contributed by atoms with E-state index in [9.17, 15) is 4.79 Å². The van der Waals surface area contributed by atoms with Gasteiger partial charge in [0.1, 0.15) is 5.75 Å². The lowest BCUT2D eigenvalue weighted by molar-refractivity contribution is -0.121. The Kier molecular flexibility index (Phi) is 6.92. The highest BCUT2D eigenvalue weighted by atomic mass is 35.5. The maximum absolute atomic E-state index is 13.4. The molecule has 3 atom stereocenters. The van der Waals surface area contributed by atoms with Crippen LogP contribution in [-0.2, 0) is 4.79 Å². The number of nitrogens with zero attached hydrogens (tertiary/aromatic N) is 1. The van der Waals surface area contributed by atoms with Gasteiger partial charge in [-0.15, -0.1) is 0 Å². The zero-order valence-electron chi connectivity index (χ0n) is 18.1. The molecule has 166 valence electrons. The van der Waals surface area contributed by atoms with Crippen LogP contribution >= 0.6 is 23.2 Å². The second-order valence-electron chi connectivity index (χ2n) is 8.01. The first-order valence-electron chi connectivity index (χ1n) is 10.8. The monoisotopic (exact) mass is 468 g/mol. The first-order chi connectivity index (χ1) is 15.5. The Morgan fingerprint density at radius 3 is 2.47 bits per heavy atom. The van der Waals surface area contributed by atoms with Crippen LogP contribution in [0, 0.1) is 5.92 Å². The number of carbonyl (C=O) groups is 1. The molecule has 3 unspecified atom stereocenters. The predicted molar refractivity (Wildman–Crippen MR) is 132 cm³/mol. The third-order valence-electron chi connectivity index (χ3n) is 6.02. The van der Waals surface area contributed by atoms with E-state index in [-0.39, 0.29) is 30.5 Å². The number of hydrogen-bond acceptors (Lipinski definition) is 3. The SMILES string of the molecule is CCC1C(C)C(Nc2ccccc2)c2ccccc2N1C(=O)COc1ccc(Cl)cc1Cl. The lowest BCUT2D eigenvalue weighted by Gasteiger charge is -2.45. The molecule has 0 saturated carbocycles. The van der Waals surface area contributed by atoms with E-state index in [1.54, 1.807) is 18.2 Å². The van der Waals surface area contributed by atoms with Crippen LogP contribution in [0.15, 0.2) is 72.8 Å². The second kappa shape index (κ2) is 9.85.